The maximum atomic E-state index is 14.6. The molecule has 13 heteroatoms. The van der Waals surface area contributed by atoms with Crippen molar-refractivity contribution >= 4 is 5.91 Å². The lowest BCUT2D eigenvalue weighted by atomic mass is 9.71. The Bertz CT molecular complexity index is 581. The lowest BCUT2D eigenvalue weighted by Crippen LogP contribution is -2.86. The van der Waals surface area contributed by atoms with Crippen molar-refractivity contribution in [1.82, 2.24) is 5.32 Å². The van der Waals surface area contributed by atoms with Crippen molar-refractivity contribution < 1.29 is 53.1 Å². The van der Waals surface area contributed by atoms with Crippen molar-refractivity contribution in [2.45, 2.75) is 86.3 Å². The van der Waals surface area contributed by atoms with E-state index < -0.39 is 47.2 Å². The van der Waals surface area contributed by atoms with Crippen LogP contribution in [-0.2, 0) is 4.79 Å². The van der Waals surface area contributed by atoms with E-state index in [9.17, 15) is 53.1 Å². The van der Waals surface area contributed by atoms with E-state index in [2.05, 4.69) is 0 Å². The third-order valence-corrected chi connectivity index (χ3v) is 5.20. The molecule has 0 aromatic heterocycles. The van der Waals surface area contributed by atoms with Crippen LogP contribution in [0.25, 0.3) is 0 Å². The van der Waals surface area contributed by atoms with Crippen molar-refractivity contribution in [3.8, 4) is 0 Å². The van der Waals surface area contributed by atoms with E-state index >= 15 is 0 Å². The van der Waals surface area contributed by atoms with Crippen molar-refractivity contribution in [1.29, 1.82) is 0 Å². The molecule has 1 N–H and O–H groups in total. The molecular formula is C15H16F11NO. The summed E-state index contributed by atoms with van der Waals surface area (Å²) in [4.78, 5) is 11.8. The molecular weight excluding hydrogens is 419 g/mol. The van der Waals surface area contributed by atoms with Crippen LogP contribution in [-0.4, -0.2) is 47.2 Å². The summed E-state index contributed by atoms with van der Waals surface area (Å²) < 4.78 is 150. The molecule has 2 nitrogen and oxygen atoms in total. The summed E-state index contributed by atoms with van der Waals surface area (Å²) in [6, 6.07) is -1.24. The van der Waals surface area contributed by atoms with Gasteiger partial charge in [0.25, 0.3) is 5.91 Å². The average molecular weight is 435 g/mol. The summed E-state index contributed by atoms with van der Waals surface area (Å²) in [6.45, 7) is 0. The van der Waals surface area contributed by atoms with Crippen LogP contribution >= 0.6 is 0 Å². The van der Waals surface area contributed by atoms with E-state index in [1.807, 2.05) is 0 Å². The number of hydrogen-bond donors (Lipinski definition) is 1. The molecule has 2 aliphatic carbocycles. The summed E-state index contributed by atoms with van der Waals surface area (Å²) in [5.74, 6) is -39.3. The van der Waals surface area contributed by atoms with Crippen LogP contribution in [0.5, 0.6) is 0 Å². The van der Waals surface area contributed by atoms with Gasteiger partial charge in [-0.1, -0.05) is 32.1 Å². The van der Waals surface area contributed by atoms with Gasteiger partial charge < -0.3 is 5.32 Å². The van der Waals surface area contributed by atoms with Crippen molar-refractivity contribution in [2.75, 3.05) is 0 Å². The Morgan fingerprint density at radius 2 is 0.893 bits per heavy atom. The maximum Gasteiger partial charge on any atom is 0.384 e. The number of alkyl halides is 11. The van der Waals surface area contributed by atoms with Gasteiger partial charge in [-0.25, -0.2) is 4.39 Å². The zero-order valence-corrected chi connectivity index (χ0v) is 14.1. The number of carbonyl (C=O) groups excluding carboxylic acids is 1. The molecule has 0 aromatic carbocycles. The topological polar surface area (TPSA) is 29.1 Å². The van der Waals surface area contributed by atoms with Gasteiger partial charge >= 0.3 is 35.3 Å². The fourth-order valence-electron chi connectivity index (χ4n) is 3.39. The van der Waals surface area contributed by atoms with E-state index in [0.717, 1.165) is 6.42 Å². The fourth-order valence-corrected chi connectivity index (χ4v) is 3.39. The largest absolute Gasteiger partial charge is 0.384 e. The highest BCUT2D eigenvalue weighted by Crippen LogP contribution is 2.69. The second-order valence-corrected chi connectivity index (χ2v) is 7.05. The SMILES string of the molecule is O=C(NC1CCCCCCC1)C1(F)C(F)(F)C(F)(F)C(F)(F)C(F)(F)C1(F)F. The third-order valence-electron chi connectivity index (χ3n) is 5.20. The van der Waals surface area contributed by atoms with Crippen LogP contribution in [0.3, 0.4) is 0 Å². The van der Waals surface area contributed by atoms with Gasteiger partial charge in [0.1, 0.15) is 0 Å². The first-order valence-corrected chi connectivity index (χ1v) is 8.39. The molecule has 0 aliphatic heterocycles. The number of halogens is 11. The first-order chi connectivity index (χ1) is 12.5. The molecule has 28 heavy (non-hydrogen) atoms. The third kappa shape index (κ3) is 2.62. The van der Waals surface area contributed by atoms with Crippen LogP contribution in [0.4, 0.5) is 48.3 Å². The van der Waals surface area contributed by atoms with Crippen LogP contribution in [0.1, 0.15) is 44.9 Å². The van der Waals surface area contributed by atoms with Gasteiger partial charge in [0.15, 0.2) is 0 Å². The normalized spacial score (nSPS) is 30.7. The highest BCUT2D eigenvalue weighted by Gasteiger charge is 3.02. The van der Waals surface area contributed by atoms with Gasteiger partial charge in [-0.05, 0) is 12.8 Å². The Labute approximate surface area is 151 Å². The summed E-state index contributed by atoms with van der Waals surface area (Å²) >= 11 is 0. The van der Waals surface area contributed by atoms with Gasteiger partial charge in [-0.15, -0.1) is 0 Å². The molecule has 2 rings (SSSR count). The monoisotopic (exact) mass is 435 g/mol. The number of amides is 1. The molecule has 164 valence electrons. The molecule has 0 spiro atoms. The maximum absolute atomic E-state index is 14.6. The quantitative estimate of drug-likeness (QED) is 0.600. The molecule has 0 atom stereocenters. The Balaban J connectivity index is 2.50. The second kappa shape index (κ2) is 6.61. The summed E-state index contributed by atoms with van der Waals surface area (Å²) in [5.41, 5.74) is -6.60. The van der Waals surface area contributed by atoms with E-state index in [1.54, 1.807) is 0 Å². The predicted molar refractivity (Wildman–Crippen MR) is 72.8 cm³/mol. The Morgan fingerprint density at radius 3 is 1.29 bits per heavy atom. The van der Waals surface area contributed by atoms with Crippen molar-refractivity contribution in [2.24, 2.45) is 0 Å². The van der Waals surface area contributed by atoms with Crippen LogP contribution in [0.2, 0.25) is 0 Å². The van der Waals surface area contributed by atoms with Gasteiger partial charge in [-0.3, -0.25) is 4.79 Å². The molecule has 0 unspecified atom stereocenters. The smallest absolute Gasteiger partial charge is 0.350 e. The van der Waals surface area contributed by atoms with Crippen molar-refractivity contribution in [3.63, 3.8) is 0 Å². The Morgan fingerprint density at radius 1 is 0.571 bits per heavy atom. The second-order valence-electron chi connectivity index (χ2n) is 7.05. The number of carbonyl (C=O) groups is 1. The highest BCUT2D eigenvalue weighted by atomic mass is 19.4. The summed E-state index contributed by atoms with van der Waals surface area (Å²) in [7, 11) is 0. The predicted octanol–water partition coefficient (Wildman–Crippen LogP) is 5.11. The summed E-state index contributed by atoms with van der Waals surface area (Å²) in [5, 5.41) is 1.33. The Kier molecular flexibility index (Phi) is 5.43. The zero-order chi connectivity index (χ0) is 21.8. The molecule has 0 radical (unpaired) electrons. The number of rotatable bonds is 2. The van der Waals surface area contributed by atoms with Gasteiger partial charge in [0.05, 0.1) is 0 Å². The molecule has 2 fully saturated rings. The van der Waals surface area contributed by atoms with Crippen molar-refractivity contribution in [3.05, 3.63) is 0 Å². The fraction of sp³-hybridized carbons (Fsp3) is 0.933. The van der Waals surface area contributed by atoms with Crippen LogP contribution in [0.15, 0.2) is 0 Å². The number of nitrogens with one attached hydrogen (secondary N) is 1. The molecule has 0 aromatic rings. The minimum absolute atomic E-state index is 0.0398. The van der Waals surface area contributed by atoms with Crippen LogP contribution < -0.4 is 5.32 Å². The first-order valence-electron chi connectivity index (χ1n) is 8.39. The summed E-state index contributed by atoms with van der Waals surface area (Å²) in [6.07, 6.45) is 2.52. The van der Waals surface area contributed by atoms with E-state index in [4.69, 9.17) is 0 Å². The highest BCUT2D eigenvalue weighted by molar-refractivity contribution is 5.89. The van der Waals surface area contributed by atoms with Gasteiger partial charge in [0.2, 0.25) is 0 Å². The zero-order valence-electron chi connectivity index (χ0n) is 14.1. The first kappa shape index (κ1) is 23.0. The molecule has 1 amide bonds. The standard InChI is InChI=1S/C15H16F11NO/c16-10(9(28)27-8-6-4-2-1-3-5-7-8)11(17,18)13(21,22)15(25,26)14(23,24)12(10,19)20/h8H,1-7H2,(H,27,28). The minimum Gasteiger partial charge on any atom is -0.350 e. The van der Waals surface area contributed by atoms with E-state index in [0.29, 0.717) is 25.7 Å². The molecule has 0 bridgehead atoms. The van der Waals surface area contributed by atoms with Gasteiger partial charge in [-0.2, -0.15) is 43.9 Å². The molecule has 0 saturated heterocycles. The molecule has 2 saturated carbocycles. The van der Waals surface area contributed by atoms with Gasteiger partial charge in [0, 0.05) is 6.04 Å². The minimum atomic E-state index is -7.32. The van der Waals surface area contributed by atoms with Crippen LogP contribution in [0, 0.1) is 0 Å². The number of hydrogen-bond acceptors (Lipinski definition) is 1. The van der Waals surface area contributed by atoms with E-state index in [-0.39, 0.29) is 12.8 Å². The lowest BCUT2D eigenvalue weighted by molar-refractivity contribution is -0.476. The average Bonchev–Trinajstić information content (AvgIpc) is 2.54. The molecule has 0 heterocycles. The molecule has 2 aliphatic rings. The Hall–Kier alpha value is -1.30. The van der Waals surface area contributed by atoms with E-state index in [1.165, 1.54) is 5.32 Å². The lowest BCUT2D eigenvalue weighted by Gasteiger charge is -2.51.